The third-order valence-electron chi connectivity index (χ3n) is 4.66. The van der Waals surface area contributed by atoms with Crippen LogP contribution in [0, 0.1) is 12.8 Å². The Morgan fingerprint density at radius 2 is 1.83 bits per heavy atom. The number of carbonyl (C=O) groups is 1. The van der Waals surface area contributed by atoms with E-state index in [0.717, 1.165) is 44.7 Å². The van der Waals surface area contributed by atoms with E-state index in [2.05, 4.69) is 38.1 Å². The van der Waals surface area contributed by atoms with Crippen LogP contribution >= 0.6 is 0 Å². The zero-order valence-electron chi connectivity index (χ0n) is 14.9. The summed E-state index contributed by atoms with van der Waals surface area (Å²) in [5, 5.41) is 0. The fourth-order valence-electron chi connectivity index (χ4n) is 3.20. The lowest BCUT2D eigenvalue weighted by molar-refractivity contribution is -0.137. The molecular weight excluding hydrogens is 288 g/mol. The lowest BCUT2D eigenvalue weighted by atomic mass is 9.98. The molecule has 1 amide bonds. The Balaban J connectivity index is 2.12. The number of hydrogen-bond acceptors (Lipinski definition) is 3. The van der Waals surface area contributed by atoms with E-state index in [0.29, 0.717) is 5.92 Å². The third-order valence-corrected chi connectivity index (χ3v) is 4.66. The largest absolute Gasteiger partial charge is 0.381 e. The fraction of sp³-hybridized carbons (Fsp3) is 0.632. The highest BCUT2D eigenvalue weighted by Crippen LogP contribution is 2.23. The SMILES string of the molecule is CCN(CC1CCOCC1)C(=O)C(c1ccc(C)cc1)N(C)C. The molecule has 0 bridgehead atoms. The Bertz CT molecular complexity index is 493. The molecule has 1 heterocycles. The van der Waals surface area contributed by atoms with Crippen LogP contribution in [-0.2, 0) is 9.53 Å². The van der Waals surface area contributed by atoms with Gasteiger partial charge in [-0.1, -0.05) is 29.8 Å². The van der Waals surface area contributed by atoms with Crippen molar-refractivity contribution in [3.8, 4) is 0 Å². The summed E-state index contributed by atoms with van der Waals surface area (Å²) in [5.41, 5.74) is 2.28. The lowest BCUT2D eigenvalue weighted by Gasteiger charge is -2.33. The summed E-state index contributed by atoms with van der Waals surface area (Å²) in [6, 6.07) is 8.08. The van der Waals surface area contributed by atoms with Crippen molar-refractivity contribution in [2.75, 3.05) is 40.4 Å². The summed E-state index contributed by atoms with van der Waals surface area (Å²) < 4.78 is 5.43. The molecule has 0 saturated carbocycles. The number of amides is 1. The van der Waals surface area contributed by atoms with Gasteiger partial charge in [-0.2, -0.15) is 0 Å². The normalized spacial score (nSPS) is 17.3. The second-order valence-corrected chi connectivity index (χ2v) is 6.71. The first-order chi connectivity index (χ1) is 11.0. The Kier molecular flexibility index (Phi) is 6.60. The molecule has 1 unspecified atom stereocenters. The van der Waals surface area contributed by atoms with Crippen LogP contribution < -0.4 is 0 Å². The van der Waals surface area contributed by atoms with E-state index in [-0.39, 0.29) is 11.9 Å². The van der Waals surface area contributed by atoms with Gasteiger partial charge in [0, 0.05) is 26.3 Å². The van der Waals surface area contributed by atoms with E-state index in [9.17, 15) is 4.79 Å². The Morgan fingerprint density at radius 3 is 2.35 bits per heavy atom. The molecule has 1 fully saturated rings. The van der Waals surface area contributed by atoms with Gasteiger partial charge in [0.05, 0.1) is 0 Å². The monoisotopic (exact) mass is 318 g/mol. The van der Waals surface area contributed by atoms with Crippen molar-refractivity contribution in [1.82, 2.24) is 9.80 Å². The van der Waals surface area contributed by atoms with Crippen LogP contribution in [0.15, 0.2) is 24.3 Å². The number of aryl methyl sites for hydroxylation is 1. The predicted octanol–water partition coefficient (Wildman–Crippen LogP) is 2.87. The molecule has 1 aliphatic rings. The third kappa shape index (κ3) is 4.79. The molecule has 2 rings (SSSR count). The van der Waals surface area contributed by atoms with Crippen molar-refractivity contribution in [2.24, 2.45) is 5.92 Å². The lowest BCUT2D eigenvalue weighted by Crippen LogP contribution is -2.43. The quantitative estimate of drug-likeness (QED) is 0.808. The topological polar surface area (TPSA) is 32.8 Å². The van der Waals surface area contributed by atoms with E-state index in [1.165, 1.54) is 5.56 Å². The predicted molar refractivity (Wildman–Crippen MR) is 93.4 cm³/mol. The molecule has 0 aromatic heterocycles. The summed E-state index contributed by atoms with van der Waals surface area (Å²) in [4.78, 5) is 17.2. The van der Waals surface area contributed by atoms with Gasteiger partial charge >= 0.3 is 0 Å². The molecule has 0 spiro atoms. The molecule has 1 saturated heterocycles. The van der Waals surface area contributed by atoms with Crippen molar-refractivity contribution in [1.29, 1.82) is 0 Å². The summed E-state index contributed by atoms with van der Waals surface area (Å²) in [7, 11) is 3.95. The average Bonchev–Trinajstić information content (AvgIpc) is 2.55. The van der Waals surface area contributed by atoms with Gasteiger partial charge in [-0.25, -0.2) is 0 Å². The average molecular weight is 318 g/mol. The van der Waals surface area contributed by atoms with Gasteiger partial charge in [-0.15, -0.1) is 0 Å². The number of carbonyl (C=O) groups excluding carboxylic acids is 1. The van der Waals surface area contributed by atoms with E-state index < -0.39 is 0 Å². The second kappa shape index (κ2) is 8.46. The highest BCUT2D eigenvalue weighted by molar-refractivity contribution is 5.83. The Hall–Kier alpha value is -1.39. The standard InChI is InChI=1S/C19H30N2O2/c1-5-21(14-16-10-12-23-13-11-16)19(22)18(20(3)4)17-8-6-15(2)7-9-17/h6-9,16,18H,5,10-14H2,1-4H3. The van der Waals surface area contributed by atoms with Crippen molar-refractivity contribution in [2.45, 2.75) is 32.7 Å². The van der Waals surface area contributed by atoms with E-state index in [1.807, 2.05) is 23.9 Å². The van der Waals surface area contributed by atoms with Crippen LogP contribution in [0.5, 0.6) is 0 Å². The molecule has 1 aliphatic heterocycles. The first kappa shape index (κ1) is 18.0. The Labute approximate surface area is 140 Å². The summed E-state index contributed by atoms with van der Waals surface area (Å²) in [6.45, 7) is 7.39. The molecule has 4 nitrogen and oxygen atoms in total. The number of nitrogens with zero attached hydrogens (tertiary/aromatic N) is 2. The molecule has 1 aromatic rings. The minimum atomic E-state index is -0.213. The molecule has 23 heavy (non-hydrogen) atoms. The number of ether oxygens (including phenoxy) is 1. The number of likely N-dealkylation sites (N-methyl/N-ethyl adjacent to an activating group) is 2. The van der Waals surface area contributed by atoms with Gasteiger partial charge in [0.2, 0.25) is 5.91 Å². The van der Waals surface area contributed by atoms with Crippen LogP contribution in [0.25, 0.3) is 0 Å². The van der Waals surface area contributed by atoms with Gasteiger partial charge in [-0.3, -0.25) is 9.69 Å². The minimum Gasteiger partial charge on any atom is -0.381 e. The molecule has 4 heteroatoms. The number of rotatable bonds is 6. The van der Waals surface area contributed by atoms with Gasteiger partial charge in [0.15, 0.2) is 0 Å². The highest BCUT2D eigenvalue weighted by atomic mass is 16.5. The van der Waals surface area contributed by atoms with Crippen LogP contribution in [0.4, 0.5) is 0 Å². The summed E-state index contributed by atoms with van der Waals surface area (Å²) >= 11 is 0. The van der Waals surface area contributed by atoms with E-state index >= 15 is 0 Å². The zero-order valence-corrected chi connectivity index (χ0v) is 14.9. The van der Waals surface area contributed by atoms with E-state index in [4.69, 9.17) is 4.74 Å². The van der Waals surface area contributed by atoms with E-state index in [1.54, 1.807) is 0 Å². The molecule has 128 valence electrons. The van der Waals surface area contributed by atoms with Crippen LogP contribution in [-0.4, -0.2) is 56.1 Å². The van der Waals surface area contributed by atoms with Crippen molar-refractivity contribution < 1.29 is 9.53 Å². The van der Waals surface area contributed by atoms with Crippen LogP contribution in [0.2, 0.25) is 0 Å². The van der Waals surface area contributed by atoms with Crippen LogP contribution in [0.1, 0.15) is 36.9 Å². The smallest absolute Gasteiger partial charge is 0.244 e. The first-order valence-electron chi connectivity index (χ1n) is 8.62. The second-order valence-electron chi connectivity index (χ2n) is 6.71. The van der Waals surface area contributed by atoms with Crippen molar-refractivity contribution in [3.05, 3.63) is 35.4 Å². The van der Waals surface area contributed by atoms with Crippen molar-refractivity contribution in [3.63, 3.8) is 0 Å². The minimum absolute atomic E-state index is 0.202. The fourth-order valence-corrected chi connectivity index (χ4v) is 3.20. The Morgan fingerprint density at radius 1 is 1.22 bits per heavy atom. The molecule has 1 atom stereocenters. The number of hydrogen-bond donors (Lipinski definition) is 0. The van der Waals surface area contributed by atoms with Gasteiger partial charge in [-0.05, 0) is 52.3 Å². The maximum absolute atomic E-state index is 13.1. The van der Waals surface area contributed by atoms with Gasteiger partial charge < -0.3 is 9.64 Å². The van der Waals surface area contributed by atoms with Gasteiger partial charge in [0.1, 0.15) is 6.04 Å². The summed E-state index contributed by atoms with van der Waals surface area (Å²) in [5.74, 6) is 0.765. The summed E-state index contributed by atoms with van der Waals surface area (Å²) in [6.07, 6.45) is 2.11. The molecule has 0 radical (unpaired) electrons. The van der Waals surface area contributed by atoms with Crippen molar-refractivity contribution >= 4 is 5.91 Å². The molecule has 0 aliphatic carbocycles. The van der Waals surface area contributed by atoms with Gasteiger partial charge in [0.25, 0.3) is 0 Å². The maximum atomic E-state index is 13.1. The number of benzene rings is 1. The first-order valence-corrected chi connectivity index (χ1v) is 8.62. The highest BCUT2D eigenvalue weighted by Gasteiger charge is 2.29. The molecule has 1 aromatic carbocycles. The van der Waals surface area contributed by atoms with Crippen LogP contribution in [0.3, 0.4) is 0 Å². The molecular formula is C19H30N2O2. The zero-order chi connectivity index (χ0) is 16.8. The molecule has 0 N–H and O–H groups in total. The maximum Gasteiger partial charge on any atom is 0.244 e.